The molecule has 0 bridgehead atoms. The number of fused-ring (bicyclic) bond motifs is 1. The van der Waals surface area contributed by atoms with Gasteiger partial charge in [-0.05, 0) is 23.6 Å². The second-order valence-electron chi connectivity index (χ2n) is 7.34. The summed E-state index contributed by atoms with van der Waals surface area (Å²) in [6, 6.07) is 16.8. The molecule has 3 aromatic carbocycles. The number of sulfonamides is 1. The highest BCUT2D eigenvalue weighted by molar-refractivity contribution is 7.89. The molecule has 4 rings (SSSR count). The van der Waals surface area contributed by atoms with E-state index in [1.54, 1.807) is 6.07 Å². The largest absolute Gasteiger partial charge is 0.417 e. The highest BCUT2D eigenvalue weighted by Gasteiger charge is 2.39. The van der Waals surface area contributed by atoms with Crippen molar-refractivity contribution in [3.63, 3.8) is 0 Å². The van der Waals surface area contributed by atoms with Crippen LogP contribution < -0.4 is 5.32 Å². The van der Waals surface area contributed by atoms with E-state index in [0.29, 0.717) is 5.69 Å². The average molecular weight is 463 g/mol. The number of benzene rings is 3. The molecule has 1 N–H and O–H groups in total. The van der Waals surface area contributed by atoms with Crippen molar-refractivity contribution in [1.82, 2.24) is 9.21 Å². The van der Waals surface area contributed by atoms with Crippen LogP contribution >= 0.6 is 0 Å². The van der Waals surface area contributed by atoms with Gasteiger partial charge in [0.2, 0.25) is 10.0 Å². The molecule has 0 atom stereocenters. The van der Waals surface area contributed by atoms with Gasteiger partial charge in [-0.2, -0.15) is 17.5 Å². The number of rotatable bonds is 3. The maximum atomic E-state index is 13.3. The zero-order chi connectivity index (χ0) is 22.9. The minimum Gasteiger partial charge on any atom is -0.322 e. The molecular formula is C22H20F3N3O3S. The molecule has 32 heavy (non-hydrogen) atoms. The summed E-state index contributed by atoms with van der Waals surface area (Å²) in [5, 5.41) is 4.67. The van der Waals surface area contributed by atoms with E-state index in [1.807, 2.05) is 36.4 Å². The highest BCUT2D eigenvalue weighted by Crippen LogP contribution is 2.35. The van der Waals surface area contributed by atoms with Crippen molar-refractivity contribution in [2.24, 2.45) is 0 Å². The molecule has 1 aliphatic heterocycles. The summed E-state index contributed by atoms with van der Waals surface area (Å²) >= 11 is 0. The van der Waals surface area contributed by atoms with Gasteiger partial charge >= 0.3 is 12.2 Å². The quantitative estimate of drug-likeness (QED) is 0.626. The molecule has 1 aliphatic rings. The van der Waals surface area contributed by atoms with Crippen molar-refractivity contribution in [3.8, 4) is 0 Å². The number of amides is 2. The van der Waals surface area contributed by atoms with Crippen LogP contribution in [0.4, 0.5) is 23.7 Å². The Bertz CT molecular complexity index is 1250. The van der Waals surface area contributed by atoms with Gasteiger partial charge in [0, 0.05) is 31.6 Å². The molecule has 1 heterocycles. The summed E-state index contributed by atoms with van der Waals surface area (Å²) in [6.07, 6.45) is -4.79. The van der Waals surface area contributed by atoms with Gasteiger partial charge in [-0.1, -0.05) is 48.5 Å². The van der Waals surface area contributed by atoms with E-state index < -0.39 is 32.7 Å². The zero-order valence-corrected chi connectivity index (χ0v) is 17.7. The summed E-state index contributed by atoms with van der Waals surface area (Å²) in [7, 11) is -4.36. The Morgan fingerprint density at radius 2 is 1.47 bits per heavy atom. The van der Waals surface area contributed by atoms with E-state index >= 15 is 0 Å². The third kappa shape index (κ3) is 4.28. The van der Waals surface area contributed by atoms with Crippen LogP contribution in [0, 0.1) is 0 Å². The molecule has 0 aromatic heterocycles. The normalized spacial score (nSPS) is 15.7. The molecule has 0 saturated carbocycles. The van der Waals surface area contributed by atoms with Gasteiger partial charge in [-0.15, -0.1) is 0 Å². The van der Waals surface area contributed by atoms with E-state index in [-0.39, 0.29) is 26.2 Å². The lowest BCUT2D eigenvalue weighted by Crippen LogP contribution is -2.51. The number of nitrogens with zero attached hydrogens (tertiary/aromatic N) is 2. The number of piperazine rings is 1. The lowest BCUT2D eigenvalue weighted by Gasteiger charge is -2.34. The highest BCUT2D eigenvalue weighted by atomic mass is 32.2. The zero-order valence-electron chi connectivity index (χ0n) is 16.8. The van der Waals surface area contributed by atoms with Crippen molar-refractivity contribution >= 4 is 32.5 Å². The smallest absolute Gasteiger partial charge is 0.322 e. The first-order chi connectivity index (χ1) is 15.2. The number of alkyl halides is 3. The van der Waals surface area contributed by atoms with E-state index in [4.69, 9.17) is 0 Å². The Balaban J connectivity index is 1.47. The second-order valence-corrected chi connectivity index (χ2v) is 9.25. The van der Waals surface area contributed by atoms with Crippen LogP contribution in [0.15, 0.2) is 71.6 Å². The number of hydrogen-bond donors (Lipinski definition) is 1. The minimum absolute atomic E-state index is 0.0595. The fourth-order valence-electron chi connectivity index (χ4n) is 3.73. The topological polar surface area (TPSA) is 69.7 Å². The predicted molar refractivity (Wildman–Crippen MR) is 115 cm³/mol. The van der Waals surface area contributed by atoms with Crippen molar-refractivity contribution < 1.29 is 26.4 Å². The lowest BCUT2D eigenvalue weighted by atomic mass is 10.1. The van der Waals surface area contributed by atoms with Crippen LogP contribution in [-0.4, -0.2) is 49.8 Å². The van der Waals surface area contributed by atoms with Crippen LogP contribution in [-0.2, 0) is 16.2 Å². The Morgan fingerprint density at radius 1 is 0.844 bits per heavy atom. The number of carbonyl (C=O) groups excluding carboxylic acids is 1. The molecule has 0 aliphatic carbocycles. The van der Waals surface area contributed by atoms with Crippen molar-refractivity contribution in [3.05, 3.63) is 72.3 Å². The number of anilines is 1. The van der Waals surface area contributed by atoms with E-state index in [2.05, 4.69) is 5.32 Å². The van der Waals surface area contributed by atoms with Crippen molar-refractivity contribution in [2.75, 3.05) is 31.5 Å². The molecule has 2 amide bonds. The Hall–Kier alpha value is -3.11. The van der Waals surface area contributed by atoms with Crippen molar-refractivity contribution in [2.45, 2.75) is 11.1 Å². The molecule has 0 spiro atoms. The monoisotopic (exact) mass is 463 g/mol. The maximum absolute atomic E-state index is 13.3. The summed E-state index contributed by atoms with van der Waals surface area (Å²) < 4.78 is 66.6. The van der Waals surface area contributed by atoms with Gasteiger partial charge in [-0.3, -0.25) is 0 Å². The minimum atomic E-state index is -4.79. The first kappa shape index (κ1) is 22.1. The number of urea groups is 1. The lowest BCUT2D eigenvalue weighted by molar-refractivity contribution is -0.139. The summed E-state index contributed by atoms with van der Waals surface area (Å²) in [5.41, 5.74) is -0.571. The Morgan fingerprint density at radius 3 is 2.19 bits per heavy atom. The standard InChI is InChI=1S/C22H20F3N3O3S/c23-22(24,25)18-9-3-4-11-20(18)32(30,31)28-14-12-27(13-15-28)21(29)26-19-10-5-7-16-6-1-2-8-17(16)19/h1-11H,12-15H2,(H,26,29). The van der Waals surface area contributed by atoms with Crippen molar-refractivity contribution in [1.29, 1.82) is 0 Å². The number of hydrogen-bond acceptors (Lipinski definition) is 3. The van der Waals surface area contributed by atoms with Gasteiger partial charge in [0.25, 0.3) is 0 Å². The maximum Gasteiger partial charge on any atom is 0.417 e. The molecule has 1 saturated heterocycles. The van der Waals surface area contributed by atoms with Gasteiger partial charge < -0.3 is 10.2 Å². The van der Waals surface area contributed by atoms with Crippen LogP contribution in [0.2, 0.25) is 0 Å². The molecule has 6 nitrogen and oxygen atoms in total. The van der Waals surface area contributed by atoms with Gasteiger partial charge in [0.15, 0.2) is 0 Å². The van der Waals surface area contributed by atoms with Gasteiger partial charge in [0.05, 0.1) is 16.1 Å². The van der Waals surface area contributed by atoms with E-state index in [0.717, 1.165) is 33.3 Å². The first-order valence-electron chi connectivity index (χ1n) is 9.88. The number of halogens is 3. The predicted octanol–water partition coefficient (Wildman–Crippen LogP) is 4.40. The van der Waals surface area contributed by atoms with Crippen LogP contribution in [0.5, 0.6) is 0 Å². The molecular weight excluding hydrogens is 443 g/mol. The summed E-state index contributed by atoms with van der Waals surface area (Å²) in [6.45, 7) is -0.0804. The molecule has 10 heteroatoms. The molecule has 168 valence electrons. The van der Waals surface area contributed by atoms with Crippen LogP contribution in [0.1, 0.15) is 5.56 Å². The third-order valence-electron chi connectivity index (χ3n) is 5.37. The summed E-state index contributed by atoms with van der Waals surface area (Å²) in [5.74, 6) is 0. The Labute approximate surface area is 183 Å². The SMILES string of the molecule is O=C(Nc1cccc2ccccc12)N1CCN(S(=O)(=O)c2ccccc2C(F)(F)F)CC1. The number of carbonyl (C=O) groups is 1. The Kier molecular flexibility index (Phi) is 5.83. The fraction of sp³-hybridized carbons (Fsp3) is 0.227. The molecule has 0 unspecified atom stereocenters. The molecule has 1 fully saturated rings. The van der Waals surface area contributed by atoms with E-state index in [9.17, 15) is 26.4 Å². The second kappa shape index (κ2) is 8.44. The molecule has 0 radical (unpaired) electrons. The fourth-order valence-corrected chi connectivity index (χ4v) is 5.36. The first-order valence-corrected chi connectivity index (χ1v) is 11.3. The van der Waals surface area contributed by atoms with Crippen LogP contribution in [0.25, 0.3) is 10.8 Å². The third-order valence-corrected chi connectivity index (χ3v) is 7.32. The molecule has 3 aromatic rings. The van der Waals surface area contributed by atoms with Gasteiger partial charge in [-0.25, -0.2) is 13.2 Å². The van der Waals surface area contributed by atoms with Gasteiger partial charge in [0.1, 0.15) is 0 Å². The number of nitrogens with one attached hydrogen (secondary N) is 1. The van der Waals surface area contributed by atoms with E-state index in [1.165, 1.54) is 11.0 Å². The van der Waals surface area contributed by atoms with Crippen LogP contribution in [0.3, 0.4) is 0 Å². The summed E-state index contributed by atoms with van der Waals surface area (Å²) in [4.78, 5) is 13.4. The average Bonchev–Trinajstić information content (AvgIpc) is 2.79.